The quantitative estimate of drug-likeness (QED) is 0.896. The highest BCUT2D eigenvalue weighted by Crippen LogP contribution is 2.26. The van der Waals surface area contributed by atoms with E-state index in [2.05, 4.69) is 32.8 Å². The molecule has 2 unspecified atom stereocenters. The number of hydrogen-bond donors (Lipinski definition) is 1. The molecule has 2 N–H and O–H groups in total. The van der Waals surface area contributed by atoms with Crippen molar-refractivity contribution in [2.24, 2.45) is 11.7 Å². The number of carbonyl (C=O) groups is 1. The van der Waals surface area contributed by atoms with Crippen molar-refractivity contribution in [2.45, 2.75) is 52.6 Å². The Labute approximate surface area is 121 Å². The summed E-state index contributed by atoms with van der Waals surface area (Å²) in [5.41, 5.74) is 7.27. The Hall–Kier alpha value is -1.36. The lowest BCUT2D eigenvalue weighted by atomic mass is 10.1. The van der Waals surface area contributed by atoms with E-state index in [-0.39, 0.29) is 17.5 Å². The van der Waals surface area contributed by atoms with E-state index in [0.29, 0.717) is 18.0 Å². The summed E-state index contributed by atoms with van der Waals surface area (Å²) in [6.07, 6.45) is 2.69. The Morgan fingerprint density at radius 3 is 2.60 bits per heavy atom. The van der Waals surface area contributed by atoms with Gasteiger partial charge in [0.05, 0.1) is 17.3 Å². The highest BCUT2D eigenvalue weighted by atomic mass is 16.2. The van der Waals surface area contributed by atoms with Crippen LogP contribution in [0.4, 0.5) is 0 Å². The predicted octanol–water partition coefficient (Wildman–Crippen LogP) is 1.76. The Morgan fingerprint density at radius 1 is 1.50 bits per heavy atom. The van der Waals surface area contributed by atoms with Crippen molar-refractivity contribution in [3.05, 3.63) is 17.5 Å². The Balaban J connectivity index is 2.25. The van der Waals surface area contributed by atoms with Crippen molar-refractivity contribution in [2.75, 3.05) is 13.1 Å². The normalized spacial score (nSPS) is 23.4. The molecule has 112 valence electrons. The zero-order valence-corrected chi connectivity index (χ0v) is 13.2. The van der Waals surface area contributed by atoms with Crippen molar-refractivity contribution in [3.8, 4) is 0 Å². The molecule has 0 radical (unpaired) electrons. The second-order valence-electron chi connectivity index (χ2n) is 6.87. The molecule has 0 aromatic carbocycles. The van der Waals surface area contributed by atoms with E-state index < -0.39 is 0 Å². The first-order valence-electron chi connectivity index (χ1n) is 7.31. The first-order valence-corrected chi connectivity index (χ1v) is 7.31. The molecule has 5 nitrogen and oxygen atoms in total. The molecule has 2 heterocycles. The minimum Gasteiger partial charge on any atom is -0.335 e. The van der Waals surface area contributed by atoms with Crippen LogP contribution < -0.4 is 5.73 Å². The number of likely N-dealkylation sites (tertiary alicyclic amines) is 1. The molecule has 1 amide bonds. The van der Waals surface area contributed by atoms with E-state index in [9.17, 15) is 4.79 Å². The van der Waals surface area contributed by atoms with Gasteiger partial charge in [0.2, 0.25) is 0 Å². The van der Waals surface area contributed by atoms with Crippen molar-refractivity contribution in [1.82, 2.24) is 14.7 Å². The Kier molecular flexibility index (Phi) is 3.91. The second-order valence-corrected chi connectivity index (χ2v) is 6.87. The molecule has 0 aliphatic carbocycles. The average molecular weight is 278 g/mol. The lowest BCUT2D eigenvalue weighted by molar-refractivity contribution is 0.0742. The molecule has 1 fully saturated rings. The van der Waals surface area contributed by atoms with Crippen LogP contribution in [0.3, 0.4) is 0 Å². The summed E-state index contributed by atoms with van der Waals surface area (Å²) in [6.45, 7) is 11.7. The van der Waals surface area contributed by atoms with Gasteiger partial charge in [-0.1, -0.05) is 0 Å². The van der Waals surface area contributed by atoms with Gasteiger partial charge >= 0.3 is 0 Å². The maximum absolute atomic E-state index is 12.7. The van der Waals surface area contributed by atoms with Crippen molar-refractivity contribution >= 4 is 5.91 Å². The van der Waals surface area contributed by atoms with Crippen LogP contribution in [0.2, 0.25) is 0 Å². The fraction of sp³-hybridized carbons (Fsp3) is 0.733. The topological polar surface area (TPSA) is 64.2 Å². The predicted molar refractivity (Wildman–Crippen MR) is 79.6 cm³/mol. The van der Waals surface area contributed by atoms with Crippen molar-refractivity contribution in [3.63, 3.8) is 0 Å². The van der Waals surface area contributed by atoms with Crippen LogP contribution in [-0.2, 0) is 5.54 Å². The maximum Gasteiger partial charge on any atom is 0.257 e. The molecule has 0 spiro atoms. The van der Waals surface area contributed by atoms with Crippen LogP contribution in [0.25, 0.3) is 0 Å². The van der Waals surface area contributed by atoms with Crippen LogP contribution in [0.1, 0.15) is 50.2 Å². The van der Waals surface area contributed by atoms with Crippen LogP contribution >= 0.6 is 0 Å². The summed E-state index contributed by atoms with van der Waals surface area (Å²) in [4.78, 5) is 14.7. The fourth-order valence-corrected chi connectivity index (χ4v) is 3.05. The van der Waals surface area contributed by atoms with Crippen LogP contribution in [0.15, 0.2) is 6.20 Å². The van der Waals surface area contributed by atoms with Gasteiger partial charge in [-0.25, -0.2) is 0 Å². The third-order valence-electron chi connectivity index (χ3n) is 4.13. The van der Waals surface area contributed by atoms with E-state index in [1.54, 1.807) is 6.20 Å². The van der Waals surface area contributed by atoms with Crippen LogP contribution in [0, 0.1) is 12.8 Å². The number of rotatable bonds is 2. The SMILES string of the molecule is Cc1c(C(=O)N2CC(CN)CC2C)cnn1C(C)(C)C. The van der Waals surface area contributed by atoms with Gasteiger partial charge in [-0.05, 0) is 53.5 Å². The zero-order chi connectivity index (χ0) is 15.1. The van der Waals surface area contributed by atoms with Gasteiger partial charge in [0, 0.05) is 18.3 Å². The van der Waals surface area contributed by atoms with Gasteiger partial charge < -0.3 is 10.6 Å². The molecule has 5 heteroatoms. The highest BCUT2D eigenvalue weighted by molar-refractivity contribution is 5.95. The number of carbonyl (C=O) groups excluding carboxylic acids is 1. The molecule has 1 saturated heterocycles. The van der Waals surface area contributed by atoms with E-state index in [1.165, 1.54) is 0 Å². The van der Waals surface area contributed by atoms with Gasteiger partial charge in [0.1, 0.15) is 0 Å². The lowest BCUT2D eigenvalue weighted by Gasteiger charge is -2.23. The summed E-state index contributed by atoms with van der Waals surface area (Å²) in [5.74, 6) is 0.508. The van der Waals surface area contributed by atoms with Crippen LogP contribution in [-0.4, -0.2) is 39.7 Å². The van der Waals surface area contributed by atoms with E-state index in [0.717, 1.165) is 18.7 Å². The van der Waals surface area contributed by atoms with Gasteiger partial charge in [0.15, 0.2) is 0 Å². The number of nitrogens with two attached hydrogens (primary N) is 1. The summed E-state index contributed by atoms with van der Waals surface area (Å²) < 4.78 is 1.92. The molecule has 2 atom stereocenters. The van der Waals surface area contributed by atoms with Crippen LogP contribution in [0.5, 0.6) is 0 Å². The van der Waals surface area contributed by atoms with Gasteiger partial charge in [-0.3, -0.25) is 9.48 Å². The number of aromatic nitrogens is 2. The highest BCUT2D eigenvalue weighted by Gasteiger charge is 2.34. The molecule has 1 aromatic rings. The summed E-state index contributed by atoms with van der Waals surface area (Å²) in [7, 11) is 0. The molecular weight excluding hydrogens is 252 g/mol. The van der Waals surface area contributed by atoms with Gasteiger partial charge in [0.25, 0.3) is 5.91 Å². The van der Waals surface area contributed by atoms with Crippen molar-refractivity contribution in [1.29, 1.82) is 0 Å². The molecule has 20 heavy (non-hydrogen) atoms. The summed E-state index contributed by atoms with van der Waals surface area (Å²) in [5, 5.41) is 4.39. The van der Waals surface area contributed by atoms with Crippen molar-refractivity contribution < 1.29 is 4.79 Å². The first-order chi connectivity index (χ1) is 9.25. The smallest absolute Gasteiger partial charge is 0.257 e. The first kappa shape index (κ1) is 15.0. The monoisotopic (exact) mass is 278 g/mol. The molecule has 1 aliphatic rings. The summed E-state index contributed by atoms with van der Waals surface area (Å²) in [6, 6.07) is 0.258. The number of amides is 1. The Bertz CT molecular complexity index is 500. The zero-order valence-electron chi connectivity index (χ0n) is 13.2. The third kappa shape index (κ3) is 2.59. The molecule has 0 bridgehead atoms. The van der Waals surface area contributed by atoms with E-state index in [1.807, 2.05) is 16.5 Å². The average Bonchev–Trinajstić information content (AvgIpc) is 2.91. The number of nitrogens with zero attached hydrogens (tertiary/aromatic N) is 3. The standard InChI is InChI=1S/C15H26N4O/c1-10-6-12(7-16)9-18(10)14(20)13-8-17-19(11(13)2)15(3,4)5/h8,10,12H,6-7,9,16H2,1-5H3. The lowest BCUT2D eigenvalue weighted by Crippen LogP contribution is -2.35. The Morgan fingerprint density at radius 2 is 2.15 bits per heavy atom. The molecule has 0 saturated carbocycles. The minimum absolute atomic E-state index is 0.0847. The fourth-order valence-electron chi connectivity index (χ4n) is 3.05. The van der Waals surface area contributed by atoms with Gasteiger partial charge in [-0.2, -0.15) is 5.10 Å². The largest absolute Gasteiger partial charge is 0.335 e. The van der Waals surface area contributed by atoms with E-state index in [4.69, 9.17) is 5.73 Å². The van der Waals surface area contributed by atoms with Gasteiger partial charge in [-0.15, -0.1) is 0 Å². The summed E-state index contributed by atoms with van der Waals surface area (Å²) >= 11 is 0. The molecule has 1 aromatic heterocycles. The molecule has 2 rings (SSSR count). The van der Waals surface area contributed by atoms with E-state index >= 15 is 0 Å². The third-order valence-corrected chi connectivity index (χ3v) is 4.13. The minimum atomic E-state index is -0.112. The number of hydrogen-bond acceptors (Lipinski definition) is 3. The molecular formula is C15H26N4O. The second kappa shape index (κ2) is 5.20. The molecule has 1 aliphatic heterocycles. The maximum atomic E-state index is 12.7.